The molecule has 2 N–H and O–H groups in total. The molecular formula is C45H58N4O5. The number of carbonyl (C=O) groups excluding carboxylic acids is 2. The van der Waals surface area contributed by atoms with Gasteiger partial charge >= 0.3 is 0 Å². The fourth-order valence-electron chi connectivity index (χ4n) is 7.49. The molecule has 2 amide bonds. The van der Waals surface area contributed by atoms with E-state index in [-0.39, 0.29) is 28.5 Å². The number of aryl methyl sites for hydroxylation is 2. The van der Waals surface area contributed by atoms with Gasteiger partial charge in [0.1, 0.15) is 22.6 Å². The van der Waals surface area contributed by atoms with Gasteiger partial charge in [-0.2, -0.15) is 0 Å². The SMILES string of the molecule is CCCCn1c2c(cc(C(=O)NC)c1=O)CCCCCC2.CCCCn1c2c(cc(C(=O)Nc3cccc(Oc4ccccc4)c3)c1=O)CCCCCC2. The summed E-state index contributed by atoms with van der Waals surface area (Å²) in [4.78, 5) is 51.2. The number of ether oxygens (including phenoxy) is 1. The number of nitrogens with zero attached hydrogens (tertiary/aromatic N) is 2. The number of carbonyl (C=O) groups is 2. The van der Waals surface area contributed by atoms with Crippen LogP contribution in [0.15, 0.2) is 76.3 Å². The lowest BCUT2D eigenvalue weighted by molar-refractivity contribution is 0.0959. The number of fused-ring (bicyclic) bond motifs is 2. The zero-order chi connectivity index (χ0) is 38.3. The minimum absolute atomic E-state index is 0.123. The highest BCUT2D eigenvalue weighted by molar-refractivity contribution is 6.04. The summed E-state index contributed by atoms with van der Waals surface area (Å²) in [5.41, 5.74) is 5.45. The highest BCUT2D eigenvalue weighted by atomic mass is 16.5. The number of nitrogens with one attached hydrogen (secondary N) is 2. The Kier molecular flexibility index (Phi) is 15.3. The van der Waals surface area contributed by atoms with Crippen molar-refractivity contribution in [2.24, 2.45) is 0 Å². The fraction of sp³-hybridized carbons (Fsp3) is 0.467. The monoisotopic (exact) mass is 734 g/mol. The molecule has 54 heavy (non-hydrogen) atoms. The Balaban J connectivity index is 0.000000230. The molecule has 2 aromatic heterocycles. The second kappa shape index (κ2) is 20.5. The smallest absolute Gasteiger partial charge is 0.263 e. The van der Waals surface area contributed by atoms with E-state index < -0.39 is 0 Å². The summed E-state index contributed by atoms with van der Waals surface area (Å²) in [6.45, 7) is 5.63. The van der Waals surface area contributed by atoms with E-state index in [9.17, 15) is 19.2 Å². The first-order chi connectivity index (χ1) is 26.3. The van der Waals surface area contributed by atoms with Crippen molar-refractivity contribution in [3.8, 4) is 11.5 Å². The molecule has 288 valence electrons. The lowest BCUT2D eigenvalue weighted by Gasteiger charge is -2.21. The number of hydrogen-bond acceptors (Lipinski definition) is 5. The quantitative estimate of drug-likeness (QED) is 0.160. The van der Waals surface area contributed by atoms with E-state index in [1.165, 1.54) is 36.9 Å². The molecule has 9 nitrogen and oxygen atoms in total. The van der Waals surface area contributed by atoms with Gasteiger partial charge in [0.2, 0.25) is 0 Å². The number of anilines is 1. The molecular weight excluding hydrogens is 677 g/mol. The molecule has 4 aromatic rings. The molecule has 0 spiro atoms. The molecule has 0 fully saturated rings. The van der Waals surface area contributed by atoms with Crippen molar-refractivity contribution in [2.75, 3.05) is 12.4 Å². The van der Waals surface area contributed by atoms with Gasteiger partial charge in [0, 0.05) is 43.3 Å². The van der Waals surface area contributed by atoms with Crippen LogP contribution >= 0.6 is 0 Å². The summed E-state index contributed by atoms with van der Waals surface area (Å²) in [6.07, 6.45) is 17.1. The van der Waals surface area contributed by atoms with E-state index in [0.717, 1.165) is 101 Å². The minimum Gasteiger partial charge on any atom is -0.457 e. The molecule has 0 atom stereocenters. The first kappa shape index (κ1) is 40.3. The van der Waals surface area contributed by atoms with Gasteiger partial charge in [-0.1, -0.05) is 76.6 Å². The minimum atomic E-state index is -0.369. The largest absolute Gasteiger partial charge is 0.457 e. The highest BCUT2D eigenvalue weighted by Gasteiger charge is 2.21. The van der Waals surface area contributed by atoms with Gasteiger partial charge in [0.15, 0.2) is 0 Å². The summed E-state index contributed by atoms with van der Waals surface area (Å²) in [5, 5.41) is 5.50. The predicted octanol–water partition coefficient (Wildman–Crippen LogP) is 9.02. The van der Waals surface area contributed by atoms with Gasteiger partial charge in [-0.25, -0.2) is 0 Å². The van der Waals surface area contributed by atoms with Crippen LogP contribution in [0.25, 0.3) is 0 Å². The average molecular weight is 735 g/mol. The van der Waals surface area contributed by atoms with Crippen LogP contribution in [0.3, 0.4) is 0 Å². The number of hydrogen-bond donors (Lipinski definition) is 2. The molecule has 2 aliphatic carbocycles. The van der Waals surface area contributed by atoms with Crippen LogP contribution in [0.4, 0.5) is 5.69 Å². The van der Waals surface area contributed by atoms with Crippen LogP contribution in [-0.4, -0.2) is 28.0 Å². The average Bonchev–Trinajstić information content (AvgIpc) is 3.15. The van der Waals surface area contributed by atoms with Crippen molar-refractivity contribution in [3.05, 3.63) is 121 Å². The zero-order valence-corrected chi connectivity index (χ0v) is 32.5. The van der Waals surface area contributed by atoms with E-state index in [1.807, 2.05) is 63.7 Å². The Labute approximate surface area is 320 Å². The number of aromatic nitrogens is 2. The van der Waals surface area contributed by atoms with E-state index in [2.05, 4.69) is 24.5 Å². The maximum Gasteiger partial charge on any atom is 0.263 e. The second-order valence-corrected chi connectivity index (χ2v) is 14.5. The topological polar surface area (TPSA) is 111 Å². The molecule has 9 heteroatoms. The van der Waals surface area contributed by atoms with Crippen LogP contribution in [0.1, 0.15) is 134 Å². The van der Waals surface area contributed by atoms with Gasteiger partial charge < -0.3 is 24.5 Å². The first-order valence-electron chi connectivity index (χ1n) is 20.2. The van der Waals surface area contributed by atoms with Crippen molar-refractivity contribution in [2.45, 2.75) is 130 Å². The lowest BCUT2D eigenvalue weighted by Crippen LogP contribution is -2.34. The maximum atomic E-state index is 13.4. The molecule has 6 rings (SSSR count). The molecule has 0 saturated carbocycles. The highest BCUT2D eigenvalue weighted by Crippen LogP contribution is 2.25. The van der Waals surface area contributed by atoms with Gasteiger partial charge in [-0.05, 0) is 112 Å². The Hall–Kier alpha value is -4.92. The summed E-state index contributed by atoms with van der Waals surface area (Å²) in [5.74, 6) is 0.709. The van der Waals surface area contributed by atoms with Crippen LogP contribution in [0, 0.1) is 0 Å². The van der Waals surface area contributed by atoms with Crippen LogP contribution < -0.4 is 26.5 Å². The second-order valence-electron chi connectivity index (χ2n) is 14.5. The van der Waals surface area contributed by atoms with Gasteiger partial charge in [0.25, 0.3) is 22.9 Å². The Bertz CT molecular complexity index is 1980. The fourth-order valence-corrected chi connectivity index (χ4v) is 7.49. The van der Waals surface area contributed by atoms with E-state index >= 15 is 0 Å². The number of benzene rings is 2. The number of unbranched alkanes of at least 4 members (excludes halogenated alkanes) is 2. The molecule has 2 aromatic carbocycles. The van der Waals surface area contributed by atoms with Gasteiger partial charge in [-0.3, -0.25) is 19.2 Å². The number of para-hydroxylation sites is 1. The summed E-state index contributed by atoms with van der Waals surface area (Å²) in [6, 6.07) is 20.4. The van der Waals surface area contributed by atoms with Crippen molar-refractivity contribution in [1.29, 1.82) is 0 Å². The molecule has 0 unspecified atom stereocenters. The van der Waals surface area contributed by atoms with Crippen LogP contribution in [0.5, 0.6) is 11.5 Å². The third-order valence-electron chi connectivity index (χ3n) is 10.5. The van der Waals surface area contributed by atoms with Crippen LogP contribution in [0.2, 0.25) is 0 Å². The Morgan fingerprint density at radius 2 is 1.11 bits per heavy atom. The normalized spacial score (nSPS) is 14.1. The molecule has 0 radical (unpaired) electrons. The van der Waals surface area contributed by atoms with Gasteiger partial charge in [0.05, 0.1) is 0 Å². The summed E-state index contributed by atoms with van der Waals surface area (Å²) < 4.78 is 9.62. The van der Waals surface area contributed by atoms with E-state index in [0.29, 0.717) is 23.5 Å². The third-order valence-corrected chi connectivity index (χ3v) is 10.5. The lowest BCUT2D eigenvalue weighted by atomic mass is 9.95. The number of amides is 2. The zero-order valence-electron chi connectivity index (χ0n) is 32.5. The first-order valence-corrected chi connectivity index (χ1v) is 20.2. The van der Waals surface area contributed by atoms with E-state index in [4.69, 9.17) is 4.74 Å². The number of pyridine rings is 2. The van der Waals surface area contributed by atoms with Crippen molar-refractivity contribution >= 4 is 17.5 Å². The van der Waals surface area contributed by atoms with Gasteiger partial charge in [-0.15, -0.1) is 0 Å². The van der Waals surface area contributed by atoms with Crippen molar-refractivity contribution in [1.82, 2.24) is 14.5 Å². The van der Waals surface area contributed by atoms with Crippen molar-refractivity contribution < 1.29 is 14.3 Å². The molecule has 2 heterocycles. The summed E-state index contributed by atoms with van der Waals surface area (Å²) in [7, 11) is 1.58. The number of rotatable bonds is 11. The summed E-state index contributed by atoms with van der Waals surface area (Å²) >= 11 is 0. The van der Waals surface area contributed by atoms with E-state index in [1.54, 1.807) is 19.2 Å². The Morgan fingerprint density at radius 3 is 1.63 bits per heavy atom. The Morgan fingerprint density at radius 1 is 0.611 bits per heavy atom. The predicted molar refractivity (Wildman–Crippen MR) is 217 cm³/mol. The third kappa shape index (κ3) is 10.6. The van der Waals surface area contributed by atoms with Crippen molar-refractivity contribution in [3.63, 3.8) is 0 Å². The molecule has 0 bridgehead atoms. The molecule has 0 aliphatic heterocycles. The molecule has 0 saturated heterocycles. The standard InChI is InChI=1S/C28H32N2O3.C17H26N2O2/c1-2-3-18-30-26-17-10-5-4-7-12-21(26)19-25(28(30)32)27(31)29-22-13-11-16-24(20-22)33-23-14-8-6-9-15-23;1-3-4-11-19-15-10-8-6-5-7-9-13(15)12-14(17(19)21)16(20)18-2/h6,8-9,11,13-16,19-20H,2-5,7,10,12,17-18H2,1H3,(H,29,31);12H,3-11H2,1-2H3,(H,18,20). The maximum absolute atomic E-state index is 13.4. The van der Waals surface area contributed by atoms with Crippen LogP contribution in [-0.2, 0) is 38.8 Å². The molecule has 2 aliphatic rings.